The zero-order valence-electron chi connectivity index (χ0n) is 17.5. The van der Waals surface area contributed by atoms with Crippen molar-refractivity contribution in [1.29, 1.82) is 0 Å². The molecule has 154 valence electrons. The first-order valence-corrected chi connectivity index (χ1v) is 9.92. The molecule has 1 atom stereocenters. The molecule has 0 bridgehead atoms. The summed E-state index contributed by atoms with van der Waals surface area (Å²) in [7, 11) is 5.68. The van der Waals surface area contributed by atoms with E-state index in [0.29, 0.717) is 19.3 Å². The number of nitrogens with one attached hydrogen (secondary N) is 2. The first-order valence-electron chi connectivity index (χ1n) is 9.92. The van der Waals surface area contributed by atoms with Crippen molar-refractivity contribution in [3.63, 3.8) is 0 Å². The van der Waals surface area contributed by atoms with E-state index in [-0.39, 0.29) is 0 Å². The highest BCUT2D eigenvalue weighted by atomic mass is 16.5. The molecule has 0 aliphatic heterocycles. The van der Waals surface area contributed by atoms with Gasteiger partial charge in [-0.1, -0.05) is 30.3 Å². The van der Waals surface area contributed by atoms with E-state index in [9.17, 15) is 0 Å². The topological polar surface area (TPSA) is 58.1 Å². The van der Waals surface area contributed by atoms with Crippen molar-refractivity contribution in [3.8, 4) is 0 Å². The maximum atomic E-state index is 5.46. The summed E-state index contributed by atoms with van der Waals surface area (Å²) in [5.41, 5.74) is 1.35. The smallest absolute Gasteiger partial charge is 0.190 e. The Morgan fingerprint density at radius 1 is 1.07 bits per heavy atom. The second kappa shape index (κ2) is 15.4. The van der Waals surface area contributed by atoms with Gasteiger partial charge >= 0.3 is 0 Å². The first kappa shape index (κ1) is 23.4. The van der Waals surface area contributed by atoms with Crippen molar-refractivity contribution in [2.75, 3.05) is 54.1 Å². The molecule has 6 nitrogen and oxygen atoms in total. The lowest BCUT2D eigenvalue weighted by atomic mass is 10.1. The summed E-state index contributed by atoms with van der Waals surface area (Å²) < 4.78 is 10.4. The number of unbranched alkanes of at least 4 members (excludes halogenated alkanes) is 1. The Labute approximate surface area is 165 Å². The molecule has 0 amide bonds. The average molecular weight is 379 g/mol. The Morgan fingerprint density at radius 3 is 2.52 bits per heavy atom. The van der Waals surface area contributed by atoms with Crippen molar-refractivity contribution in [2.24, 2.45) is 4.99 Å². The summed E-state index contributed by atoms with van der Waals surface area (Å²) in [6.07, 6.45) is 3.16. The Bertz CT molecular complexity index is 496. The van der Waals surface area contributed by atoms with Crippen LogP contribution in [0.2, 0.25) is 0 Å². The molecule has 1 rings (SSSR count). The number of benzene rings is 1. The van der Waals surface area contributed by atoms with Gasteiger partial charge in [-0.2, -0.15) is 0 Å². The molecule has 0 heterocycles. The predicted octanol–water partition coefficient (Wildman–Crippen LogP) is 2.51. The maximum Gasteiger partial charge on any atom is 0.190 e. The van der Waals surface area contributed by atoms with Gasteiger partial charge in [0.15, 0.2) is 5.96 Å². The average Bonchev–Trinajstić information content (AvgIpc) is 2.69. The van der Waals surface area contributed by atoms with Gasteiger partial charge in [-0.15, -0.1) is 0 Å². The molecule has 0 aromatic heterocycles. The van der Waals surface area contributed by atoms with E-state index in [2.05, 4.69) is 64.8 Å². The van der Waals surface area contributed by atoms with Gasteiger partial charge < -0.3 is 20.1 Å². The highest BCUT2D eigenvalue weighted by molar-refractivity contribution is 5.79. The zero-order chi connectivity index (χ0) is 19.7. The van der Waals surface area contributed by atoms with Gasteiger partial charge in [-0.3, -0.25) is 9.89 Å². The van der Waals surface area contributed by atoms with Gasteiger partial charge in [0.25, 0.3) is 0 Å². The van der Waals surface area contributed by atoms with Gasteiger partial charge in [-0.05, 0) is 38.8 Å². The van der Waals surface area contributed by atoms with E-state index in [4.69, 9.17) is 9.47 Å². The lowest BCUT2D eigenvalue weighted by Crippen LogP contribution is -2.40. The van der Waals surface area contributed by atoms with Crippen LogP contribution in [0, 0.1) is 0 Å². The van der Waals surface area contributed by atoms with Crippen LogP contribution in [0.1, 0.15) is 31.7 Å². The van der Waals surface area contributed by atoms with Crippen LogP contribution in [0.25, 0.3) is 0 Å². The summed E-state index contributed by atoms with van der Waals surface area (Å²) >= 11 is 0. The highest BCUT2D eigenvalue weighted by Gasteiger charge is 2.09. The summed E-state index contributed by atoms with van der Waals surface area (Å²) in [6.45, 7) is 7.16. The Hall–Kier alpha value is -1.63. The van der Waals surface area contributed by atoms with Crippen LogP contribution >= 0.6 is 0 Å². The van der Waals surface area contributed by atoms with Crippen LogP contribution in [0.4, 0.5) is 0 Å². The summed E-state index contributed by atoms with van der Waals surface area (Å²) in [5, 5.41) is 6.76. The minimum Gasteiger partial charge on any atom is -0.382 e. The molecule has 1 aromatic rings. The number of rotatable bonds is 14. The Morgan fingerprint density at radius 2 is 1.81 bits per heavy atom. The fourth-order valence-electron chi connectivity index (χ4n) is 2.65. The Balaban J connectivity index is 2.10. The molecule has 6 heteroatoms. The van der Waals surface area contributed by atoms with Crippen molar-refractivity contribution < 1.29 is 9.47 Å². The molecule has 0 saturated carbocycles. The minimum absolute atomic E-state index is 0.500. The lowest BCUT2D eigenvalue weighted by molar-refractivity contribution is 0.0689. The number of guanidine groups is 1. The van der Waals surface area contributed by atoms with Gasteiger partial charge in [0.1, 0.15) is 0 Å². The normalized spacial score (nSPS) is 13.0. The molecule has 0 spiro atoms. The lowest BCUT2D eigenvalue weighted by Gasteiger charge is -2.25. The quantitative estimate of drug-likeness (QED) is 0.296. The van der Waals surface area contributed by atoms with Crippen molar-refractivity contribution >= 4 is 5.96 Å². The molecule has 0 fully saturated rings. The molecule has 27 heavy (non-hydrogen) atoms. The van der Waals surface area contributed by atoms with E-state index in [1.807, 2.05) is 7.05 Å². The second-order valence-electron chi connectivity index (χ2n) is 6.78. The summed E-state index contributed by atoms with van der Waals surface area (Å²) in [4.78, 5) is 6.67. The standard InChI is InChI=1S/C21H38N4O2/c1-19(25(3)18-20-10-6-5-7-11-20)12-14-24-21(22-2)23-13-8-9-15-27-17-16-26-4/h5-7,10-11,19H,8-9,12-18H2,1-4H3,(H2,22,23,24). The number of nitrogens with zero attached hydrogens (tertiary/aromatic N) is 2. The van der Waals surface area contributed by atoms with Gasteiger partial charge in [0.2, 0.25) is 0 Å². The third-order valence-electron chi connectivity index (χ3n) is 4.55. The molecule has 1 aromatic carbocycles. The summed E-state index contributed by atoms with van der Waals surface area (Å²) in [5.74, 6) is 0.869. The van der Waals surface area contributed by atoms with E-state index < -0.39 is 0 Å². The predicted molar refractivity (Wildman–Crippen MR) is 113 cm³/mol. The number of aliphatic imine (C=N–C) groups is 1. The molecule has 1 unspecified atom stereocenters. The van der Waals surface area contributed by atoms with Gasteiger partial charge in [0.05, 0.1) is 13.2 Å². The molecular formula is C21H38N4O2. The van der Waals surface area contributed by atoms with Gasteiger partial charge in [0, 0.05) is 46.4 Å². The fourth-order valence-corrected chi connectivity index (χ4v) is 2.65. The van der Waals surface area contributed by atoms with Crippen molar-refractivity contribution in [1.82, 2.24) is 15.5 Å². The van der Waals surface area contributed by atoms with E-state index in [0.717, 1.165) is 51.5 Å². The second-order valence-corrected chi connectivity index (χ2v) is 6.78. The monoisotopic (exact) mass is 378 g/mol. The molecule has 0 aliphatic carbocycles. The van der Waals surface area contributed by atoms with Crippen LogP contribution in [-0.2, 0) is 16.0 Å². The van der Waals surface area contributed by atoms with Gasteiger partial charge in [-0.25, -0.2) is 0 Å². The maximum absolute atomic E-state index is 5.46. The van der Waals surface area contributed by atoms with Crippen LogP contribution in [0.3, 0.4) is 0 Å². The SMILES string of the molecule is CN=C(NCCCCOCCOC)NCCC(C)N(C)Cc1ccccc1. The van der Waals surface area contributed by atoms with Crippen LogP contribution in [0.5, 0.6) is 0 Å². The number of ether oxygens (including phenoxy) is 2. The zero-order valence-corrected chi connectivity index (χ0v) is 17.5. The molecule has 0 radical (unpaired) electrons. The van der Waals surface area contributed by atoms with E-state index >= 15 is 0 Å². The third kappa shape index (κ3) is 11.6. The largest absolute Gasteiger partial charge is 0.382 e. The summed E-state index contributed by atoms with van der Waals surface area (Å²) in [6, 6.07) is 11.1. The fraction of sp³-hybridized carbons (Fsp3) is 0.667. The van der Waals surface area contributed by atoms with Crippen molar-refractivity contribution in [3.05, 3.63) is 35.9 Å². The third-order valence-corrected chi connectivity index (χ3v) is 4.55. The molecule has 2 N–H and O–H groups in total. The van der Waals surface area contributed by atoms with E-state index in [1.54, 1.807) is 7.11 Å². The highest BCUT2D eigenvalue weighted by Crippen LogP contribution is 2.07. The molecular weight excluding hydrogens is 340 g/mol. The first-order chi connectivity index (χ1) is 13.2. The molecule has 0 saturated heterocycles. The Kier molecular flexibility index (Phi) is 13.4. The van der Waals surface area contributed by atoms with Crippen LogP contribution in [-0.4, -0.2) is 71.0 Å². The van der Waals surface area contributed by atoms with Crippen LogP contribution < -0.4 is 10.6 Å². The molecule has 0 aliphatic rings. The number of hydrogen-bond acceptors (Lipinski definition) is 4. The van der Waals surface area contributed by atoms with E-state index in [1.165, 1.54) is 5.56 Å². The number of methoxy groups -OCH3 is 1. The number of hydrogen-bond donors (Lipinski definition) is 2. The minimum atomic E-state index is 0.500. The van der Waals surface area contributed by atoms with Crippen LogP contribution in [0.15, 0.2) is 35.3 Å². The van der Waals surface area contributed by atoms with Crippen molar-refractivity contribution in [2.45, 2.75) is 38.8 Å².